The standard InChI is InChI=1S/C17H19F3N4O3/c1-12-3-4-13(27-12)14(25)23-7-2-5-16(10-23,24-8-6-21-11-24)15(26)22-9-17(18,19)20/h3-4,6,8,11H,2,5,7,9-10H2,1H3,(H,22,26). The molecule has 27 heavy (non-hydrogen) atoms. The van der Waals surface area contributed by atoms with Crippen molar-refractivity contribution in [1.29, 1.82) is 0 Å². The van der Waals surface area contributed by atoms with E-state index in [1.807, 2.05) is 5.32 Å². The van der Waals surface area contributed by atoms with Gasteiger partial charge in [-0.1, -0.05) is 0 Å². The molecule has 0 aromatic carbocycles. The number of carbonyl (C=O) groups excluding carboxylic acids is 2. The predicted molar refractivity (Wildman–Crippen MR) is 87.8 cm³/mol. The summed E-state index contributed by atoms with van der Waals surface area (Å²) in [5.41, 5.74) is -1.36. The van der Waals surface area contributed by atoms with Gasteiger partial charge in [-0.15, -0.1) is 0 Å². The van der Waals surface area contributed by atoms with Gasteiger partial charge in [-0.05, 0) is 31.9 Å². The van der Waals surface area contributed by atoms with Crippen molar-refractivity contribution in [2.45, 2.75) is 31.5 Å². The van der Waals surface area contributed by atoms with E-state index in [2.05, 4.69) is 4.98 Å². The van der Waals surface area contributed by atoms with Crippen LogP contribution >= 0.6 is 0 Å². The van der Waals surface area contributed by atoms with Crippen molar-refractivity contribution in [2.24, 2.45) is 0 Å². The van der Waals surface area contributed by atoms with Crippen LogP contribution in [-0.4, -0.2) is 52.1 Å². The summed E-state index contributed by atoms with van der Waals surface area (Å²) in [5.74, 6) is -0.509. The Hall–Kier alpha value is -2.78. The number of imidazole rings is 1. The number of piperidine rings is 1. The SMILES string of the molecule is Cc1ccc(C(=O)N2CCCC(C(=O)NCC(F)(F)F)(n3ccnc3)C2)o1. The topological polar surface area (TPSA) is 80.4 Å². The molecule has 10 heteroatoms. The Morgan fingerprint density at radius 3 is 2.74 bits per heavy atom. The van der Waals surface area contributed by atoms with E-state index < -0.39 is 30.1 Å². The summed E-state index contributed by atoms with van der Waals surface area (Å²) in [6, 6.07) is 3.19. The summed E-state index contributed by atoms with van der Waals surface area (Å²) in [4.78, 5) is 30.8. The highest BCUT2D eigenvalue weighted by atomic mass is 19.4. The van der Waals surface area contributed by atoms with Crippen molar-refractivity contribution >= 4 is 11.8 Å². The van der Waals surface area contributed by atoms with Gasteiger partial charge in [0.1, 0.15) is 17.8 Å². The molecule has 0 bridgehead atoms. The number of amides is 2. The van der Waals surface area contributed by atoms with Gasteiger partial charge in [-0.2, -0.15) is 13.2 Å². The molecule has 146 valence electrons. The molecule has 2 amide bonds. The zero-order chi connectivity index (χ0) is 19.7. The fraction of sp³-hybridized carbons (Fsp3) is 0.471. The maximum atomic E-state index is 12.8. The molecule has 1 aliphatic rings. The van der Waals surface area contributed by atoms with E-state index in [1.165, 1.54) is 34.3 Å². The molecule has 0 radical (unpaired) electrons. The van der Waals surface area contributed by atoms with Gasteiger partial charge in [-0.25, -0.2) is 4.98 Å². The first kappa shape index (κ1) is 19.0. The zero-order valence-electron chi connectivity index (χ0n) is 14.6. The van der Waals surface area contributed by atoms with Gasteiger partial charge in [0.05, 0.1) is 12.9 Å². The minimum atomic E-state index is -4.53. The first-order chi connectivity index (χ1) is 12.7. The molecule has 1 atom stereocenters. The Kier molecular flexibility index (Phi) is 4.99. The zero-order valence-corrected chi connectivity index (χ0v) is 14.6. The van der Waals surface area contributed by atoms with E-state index in [0.29, 0.717) is 18.7 Å². The van der Waals surface area contributed by atoms with Crippen LogP contribution < -0.4 is 5.32 Å². The summed E-state index contributed by atoms with van der Waals surface area (Å²) >= 11 is 0. The number of hydrogen-bond donors (Lipinski definition) is 1. The molecule has 3 heterocycles. The van der Waals surface area contributed by atoms with Crippen LogP contribution in [0.5, 0.6) is 0 Å². The van der Waals surface area contributed by atoms with E-state index >= 15 is 0 Å². The number of halogens is 3. The number of carbonyl (C=O) groups is 2. The first-order valence-electron chi connectivity index (χ1n) is 8.40. The van der Waals surface area contributed by atoms with Gasteiger partial charge >= 0.3 is 6.18 Å². The summed E-state index contributed by atoms with van der Waals surface area (Å²) in [5, 5.41) is 1.95. The Morgan fingerprint density at radius 2 is 2.15 bits per heavy atom. The summed E-state index contributed by atoms with van der Waals surface area (Å²) < 4.78 is 44.5. The molecule has 7 nitrogen and oxygen atoms in total. The molecule has 1 N–H and O–H groups in total. The van der Waals surface area contributed by atoms with Crippen LogP contribution in [0.2, 0.25) is 0 Å². The van der Waals surface area contributed by atoms with Crippen LogP contribution in [0.3, 0.4) is 0 Å². The van der Waals surface area contributed by atoms with Crippen molar-refractivity contribution in [3.05, 3.63) is 42.4 Å². The second-order valence-electron chi connectivity index (χ2n) is 6.54. The maximum Gasteiger partial charge on any atom is 0.405 e. The lowest BCUT2D eigenvalue weighted by Gasteiger charge is -2.42. The quantitative estimate of drug-likeness (QED) is 0.876. The lowest BCUT2D eigenvalue weighted by Crippen LogP contribution is -2.59. The van der Waals surface area contributed by atoms with Gasteiger partial charge in [0.25, 0.3) is 5.91 Å². The molecule has 1 saturated heterocycles. The number of likely N-dealkylation sites (tertiary alicyclic amines) is 1. The fourth-order valence-corrected chi connectivity index (χ4v) is 3.29. The minimum absolute atomic E-state index is 0.0777. The van der Waals surface area contributed by atoms with Crippen molar-refractivity contribution in [3.8, 4) is 0 Å². The van der Waals surface area contributed by atoms with Crippen LogP contribution in [0.25, 0.3) is 0 Å². The minimum Gasteiger partial charge on any atom is -0.456 e. The van der Waals surface area contributed by atoms with Crippen LogP contribution in [0.1, 0.15) is 29.2 Å². The van der Waals surface area contributed by atoms with Crippen LogP contribution in [-0.2, 0) is 10.3 Å². The van der Waals surface area contributed by atoms with Gasteiger partial charge in [0, 0.05) is 18.9 Å². The molecule has 1 unspecified atom stereocenters. The lowest BCUT2D eigenvalue weighted by atomic mass is 9.87. The molecule has 0 spiro atoms. The molecule has 0 saturated carbocycles. The summed E-state index contributed by atoms with van der Waals surface area (Å²) in [6.45, 7) is 0.564. The third-order valence-corrected chi connectivity index (χ3v) is 4.58. The summed E-state index contributed by atoms with van der Waals surface area (Å²) in [7, 11) is 0. The Morgan fingerprint density at radius 1 is 1.37 bits per heavy atom. The first-order valence-corrected chi connectivity index (χ1v) is 8.40. The van der Waals surface area contributed by atoms with E-state index in [-0.39, 0.29) is 18.7 Å². The second-order valence-corrected chi connectivity index (χ2v) is 6.54. The van der Waals surface area contributed by atoms with Crippen molar-refractivity contribution < 1.29 is 27.2 Å². The van der Waals surface area contributed by atoms with E-state index in [9.17, 15) is 22.8 Å². The number of nitrogens with zero attached hydrogens (tertiary/aromatic N) is 3. The number of aryl methyl sites for hydroxylation is 1. The summed E-state index contributed by atoms with van der Waals surface area (Å²) in [6.07, 6.45) is 0.532. The van der Waals surface area contributed by atoms with Gasteiger partial charge < -0.3 is 19.2 Å². The predicted octanol–water partition coefficient (Wildman–Crippen LogP) is 2.09. The third kappa shape index (κ3) is 3.99. The van der Waals surface area contributed by atoms with Crippen LogP contribution in [0.15, 0.2) is 35.3 Å². The second kappa shape index (κ2) is 7.09. The highest BCUT2D eigenvalue weighted by molar-refractivity contribution is 5.93. The fourth-order valence-electron chi connectivity index (χ4n) is 3.29. The highest BCUT2D eigenvalue weighted by Crippen LogP contribution is 2.31. The van der Waals surface area contributed by atoms with Crippen molar-refractivity contribution in [1.82, 2.24) is 19.8 Å². The third-order valence-electron chi connectivity index (χ3n) is 4.58. The van der Waals surface area contributed by atoms with Gasteiger partial charge in [0.2, 0.25) is 5.91 Å². The molecule has 1 fully saturated rings. The van der Waals surface area contributed by atoms with Crippen molar-refractivity contribution in [2.75, 3.05) is 19.6 Å². The Balaban J connectivity index is 1.86. The monoisotopic (exact) mass is 384 g/mol. The average Bonchev–Trinajstić information content (AvgIpc) is 3.30. The molecule has 2 aromatic rings. The molecular weight excluding hydrogens is 365 g/mol. The average molecular weight is 384 g/mol. The molecular formula is C17H19F3N4O3. The molecule has 3 rings (SSSR count). The van der Waals surface area contributed by atoms with Crippen LogP contribution in [0.4, 0.5) is 13.2 Å². The number of furan rings is 1. The molecule has 0 aliphatic carbocycles. The number of alkyl halides is 3. The van der Waals surface area contributed by atoms with Crippen molar-refractivity contribution in [3.63, 3.8) is 0 Å². The highest BCUT2D eigenvalue weighted by Gasteiger charge is 2.46. The van der Waals surface area contributed by atoms with E-state index in [4.69, 9.17) is 4.42 Å². The largest absolute Gasteiger partial charge is 0.456 e. The number of aromatic nitrogens is 2. The lowest BCUT2D eigenvalue weighted by molar-refractivity contribution is -0.145. The maximum absolute atomic E-state index is 12.8. The number of rotatable bonds is 4. The Labute approximate surface area is 153 Å². The molecule has 2 aromatic heterocycles. The van der Waals surface area contributed by atoms with E-state index in [0.717, 1.165) is 0 Å². The smallest absolute Gasteiger partial charge is 0.405 e. The number of nitrogens with one attached hydrogen (secondary N) is 1. The van der Waals surface area contributed by atoms with E-state index in [1.54, 1.807) is 13.0 Å². The molecule has 1 aliphatic heterocycles. The van der Waals surface area contributed by atoms with Gasteiger partial charge in [0.15, 0.2) is 5.76 Å². The van der Waals surface area contributed by atoms with Gasteiger partial charge in [-0.3, -0.25) is 9.59 Å². The van der Waals surface area contributed by atoms with Crippen LogP contribution in [0, 0.1) is 6.92 Å². The Bertz CT molecular complexity index is 816. The normalized spacial score (nSPS) is 20.5. The number of hydrogen-bond acceptors (Lipinski definition) is 4.